The number of aliphatic carboxylic acids is 1. The number of amides is 1. The lowest BCUT2D eigenvalue weighted by atomic mass is 9.99. The van der Waals surface area contributed by atoms with Crippen molar-refractivity contribution in [3.8, 4) is 11.6 Å². The van der Waals surface area contributed by atoms with Gasteiger partial charge in [0.25, 0.3) is 0 Å². The third kappa shape index (κ3) is 2.69. The van der Waals surface area contributed by atoms with Crippen molar-refractivity contribution in [2.75, 3.05) is 0 Å². The predicted octanol–water partition coefficient (Wildman–Crippen LogP) is 2.24. The molecule has 0 saturated carbocycles. The standard InChI is InChI=1S/C17H14N4O5/c22-16(23)14-6-11-13(7-21(14)17(24)25)19-8-20-15(11)26-10-1-2-12-9(5-10)3-4-18-12/h1-5,8,14,18H,6-7H2,(H,22,23)(H,24,25). The zero-order chi connectivity index (χ0) is 18.3. The van der Waals surface area contributed by atoms with Crippen molar-refractivity contribution in [2.45, 2.75) is 19.0 Å². The Morgan fingerprint density at radius 2 is 2.08 bits per heavy atom. The van der Waals surface area contributed by atoms with Crippen molar-refractivity contribution < 1.29 is 24.5 Å². The average molecular weight is 354 g/mol. The molecule has 0 radical (unpaired) electrons. The fraction of sp³-hybridized carbons (Fsp3) is 0.176. The second-order valence-corrected chi connectivity index (χ2v) is 5.90. The molecule has 0 bridgehead atoms. The number of carboxylic acid groups (broad SMARTS) is 2. The monoisotopic (exact) mass is 354 g/mol. The summed E-state index contributed by atoms with van der Waals surface area (Å²) in [5.41, 5.74) is 1.91. The van der Waals surface area contributed by atoms with Crippen LogP contribution in [0.15, 0.2) is 36.8 Å². The Kier molecular flexibility index (Phi) is 3.68. The molecule has 3 aromatic rings. The van der Waals surface area contributed by atoms with Crippen LogP contribution >= 0.6 is 0 Å². The maximum atomic E-state index is 11.5. The number of nitrogens with one attached hydrogen (secondary N) is 1. The molecule has 0 spiro atoms. The van der Waals surface area contributed by atoms with E-state index in [2.05, 4.69) is 15.0 Å². The van der Waals surface area contributed by atoms with Crippen LogP contribution in [0.25, 0.3) is 10.9 Å². The number of fused-ring (bicyclic) bond motifs is 2. The number of aromatic nitrogens is 3. The third-order valence-electron chi connectivity index (χ3n) is 4.36. The number of rotatable bonds is 3. The Morgan fingerprint density at radius 1 is 1.23 bits per heavy atom. The van der Waals surface area contributed by atoms with Crippen molar-refractivity contribution in [1.29, 1.82) is 0 Å². The van der Waals surface area contributed by atoms with E-state index < -0.39 is 18.1 Å². The number of carboxylic acids is 1. The third-order valence-corrected chi connectivity index (χ3v) is 4.36. The molecule has 2 aromatic heterocycles. The molecule has 0 aliphatic carbocycles. The average Bonchev–Trinajstić information content (AvgIpc) is 3.08. The fourth-order valence-electron chi connectivity index (χ4n) is 3.06. The number of nitrogens with zero attached hydrogens (tertiary/aromatic N) is 3. The first-order valence-corrected chi connectivity index (χ1v) is 7.83. The van der Waals surface area contributed by atoms with Gasteiger partial charge in [0.05, 0.1) is 12.2 Å². The highest BCUT2D eigenvalue weighted by Gasteiger charge is 2.37. The largest absolute Gasteiger partial charge is 0.480 e. The van der Waals surface area contributed by atoms with E-state index in [0.29, 0.717) is 17.0 Å². The van der Waals surface area contributed by atoms with Gasteiger partial charge in [-0.05, 0) is 24.3 Å². The Hall–Kier alpha value is -3.62. The normalized spacial score (nSPS) is 16.3. The van der Waals surface area contributed by atoms with E-state index in [1.165, 1.54) is 6.33 Å². The summed E-state index contributed by atoms with van der Waals surface area (Å²) in [7, 11) is 0. The number of aromatic amines is 1. The molecule has 26 heavy (non-hydrogen) atoms. The zero-order valence-corrected chi connectivity index (χ0v) is 13.4. The summed E-state index contributed by atoms with van der Waals surface area (Å²) < 4.78 is 5.85. The van der Waals surface area contributed by atoms with Crippen molar-refractivity contribution in [3.63, 3.8) is 0 Å². The SMILES string of the molecule is O=C(O)C1Cc2c(ncnc2Oc2ccc3[nH]ccc3c2)CN1C(=O)O. The van der Waals surface area contributed by atoms with E-state index in [4.69, 9.17) is 4.74 Å². The van der Waals surface area contributed by atoms with Crippen LogP contribution in [-0.2, 0) is 17.8 Å². The number of hydrogen-bond acceptors (Lipinski definition) is 5. The van der Waals surface area contributed by atoms with Crippen LogP contribution in [0.3, 0.4) is 0 Å². The smallest absolute Gasteiger partial charge is 0.408 e. The molecule has 3 heterocycles. The van der Waals surface area contributed by atoms with Crippen LogP contribution in [-0.4, -0.2) is 48.2 Å². The Balaban J connectivity index is 1.70. The van der Waals surface area contributed by atoms with Gasteiger partial charge in [0.1, 0.15) is 18.1 Å². The van der Waals surface area contributed by atoms with E-state index in [0.717, 1.165) is 15.8 Å². The highest BCUT2D eigenvalue weighted by Crippen LogP contribution is 2.32. The van der Waals surface area contributed by atoms with Crippen LogP contribution in [0, 0.1) is 0 Å². The van der Waals surface area contributed by atoms with Gasteiger partial charge in [-0.15, -0.1) is 0 Å². The molecule has 0 fully saturated rings. The second-order valence-electron chi connectivity index (χ2n) is 5.90. The first-order chi connectivity index (χ1) is 12.5. The van der Waals surface area contributed by atoms with E-state index in [9.17, 15) is 19.8 Å². The highest BCUT2D eigenvalue weighted by atomic mass is 16.5. The molecule has 1 amide bonds. The molecule has 9 heteroatoms. The molecule has 1 aromatic carbocycles. The molecule has 1 unspecified atom stereocenters. The molecule has 4 rings (SSSR count). The highest BCUT2D eigenvalue weighted by molar-refractivity contribution is 5.81. The first-order valence-electron chi connectivity index (χ1n) is 7.83. The quantitative estimate of drug-likeness (QED) is 0.658. The molecule has 0 saturated heterocycles. The molecule has 132 valence electrons. The van der Waals surface area contributed by atoms with Gasteiger partial charge in [-0.2, -0.15) is 0 Å². The number of benzene rings is 1. The summed E-state index contributed by atoms with van der Waals surface area (Å²) in [5, 5.41) is 19.6. The van der Waals surface area contributed by atoms with Crippen LogP contribution in [0.5, 0.6) is 11.6 Å². The molecule has 3 N–H and O–H groups in total. The summed E-state index contributed by atoms with van der Waals surface area (Å²) in [5.74, 6) is -0.437. The Bertz CT molecular complexity index is 1020. The lowest BCUT2D eigenvalue weighted by Crippen LogP contribution is -2.48. The van der Waals surface area contributed by atoms with Gasteiger partial charge in [0.2, 0.25) is 5.88 Å². The molecular weight excluding hydrogens is 340 g/mol. The molecule has 1 atom stereocenters. The van der Waals surface area contributed by atoms with Gasteiger partial charge in [-0.1, -0.05) is 0 Å². The number of carbonyl (C=O) groups is 2. The Labute approximate surface area is 146 Å². The minimum Gasteiger partial charge on any atom is -0.480 e. The van der Waals surface area contributed by atoms with Crippen molar-refractivity contribution >= 4 is 23.0 Å². The van der Waals surface area contributed by atoms with Crippen molar-refractivity contribution in [1.82, 2.24) is 19.9 Å². The predicted molar refractivity (Wildman–Crippen MR) is 89.1 cm³/mol. The zero-order valence-electron chi connectivity index (χ0n) is 13.4. The summed E-state index contributed by atoms with van der Waals surface area (Å²) in [4.78, 5) is 35.0. The van der Waals surface area contributed by atoms with E-state index in [1.807, 2.05) is 24.4 Å². The van der Waals surface area contributed by atoms with Crippen LogP contribution in [0.4, 0.5) is 4.79 Å². The minimum atomic E-state index is -1.30. The van der Waals surface area contributed by atoms with E-state index >= 15 is 0 Å². The topological polar surface area (TPSA) is 129 Å². The summed E-state index contributed by atoms with van der Waals surface area (Å²) in [6.45, 7) is -0.128. The molecular formula is C17H14N4O5. The van der Waals surface area contributed by atoms with Gasteiger partial charge in [0.15, 0.2) is 0 Å². The number of ether oxygens (including phenoxy) is 1. The van der Waals surface area contributed by atoms with Crippen LogP contribution in [0.2, 0.25) is 0 Å². The molecule has 1 aliphatic heterocycles. The minimum absolute atomic E-state index is 0.0560. The van der Waals surface area contributed by atoms with E-state index in [1.54, 1.807) is 6.07 Å². The summed E-state index contributed by atoms with van der Waals surface area (Å²) in [6.07, 6.45) is 1.74. The van der Waals surface area contributed by atoms with Crippen LogP contribution < -0.4 is 4.74 Å². The van der Waals surface area contributed by atoms with Gasteiger partial charge < -0.3 is 19.9 Å². The fourth-order valence-corrected chi connectivity index (χ4v) is 3.06. The lowest BCUT2D eigenvalue weighted by Gasteiger charge is -2.31. The summed E-state index contributed by atoms with van der Waals surface area (Å²) >= 11 is 0. The molecule has 1 aliphatic rings. The second kappa shape index (κ2) is 6.03. The van der Waals surface area contributed by atoms with E-state index in [-0.39, 0.29) is 18.8 Å². The maximum Gasteiger partial charge on any atom is 0.408 e. The van der Waals surface area contributed by atoms with Gasteiger partial charge in [0, 0.05) is 29.1 Å². The molecule has 9 nitrogen and oxygen atoms in total. The van der Waals surface area contributed by atoms with Crippen molar-refractivity contribution in [2.24, 2.45) is 0 Å². The van der Waals surface area contributed by atoms with Crippen LogP contribution in [0.1, 0.15) is 11.3 Å². The Morgan fingerprint density at radius 3 is 2.85 bits per heavy atom. The number of H-pyrrole nitrogens is 1. The number of hydrogen-bond donors (Lipinski definition) is 3. The van der Waals surface area contributed by atoms with Crippen molar-refractivity contribution in [3.05, 3.63) is 48.0 Å². The van der Waals surface area contributed by atoms with Gasteiger partial charge in [-0.25, -0.2) is 19.6 Å². The van der Waals surface area contributed by atoms with Gasteiger partial charge >= 0.3 is 12.1 Å². The first kappa shape index (κ1) is 15.9. The van der Waals surface area contributed by atoms with Gasteiger partial charge in [-0.3, -0.25) is 4.90 Å². The summed E-state index contributed by atoms with van der Waals surface area (Å²) in [6, 6.07) is 6.17. The lowest BCUT2D eigenvalue weighted by molar-refractivity contribution is -0.143. The maximum absolute atomic E-state index is 11.5.